The molecule has 1 aliphatic heterocycles. The number of nitrogens with two attached hydrogens (primary N) is 1. The Bertz CT molecular complexity index is 732. The summed E-state index contributed by atoms with van der Waals surface area (Å²) < 4.78 is 0. The summed E-state index contributed by atoms with van der Waals surface area (Å²) in [4.78, 5) is 22.7. The van der Waals surface area contributed by atoms with Crippen LogP contribution in [0.15, 0.2) is 6.07 Å². The van der Waals surface area contributed by atoms with Gasteiger partial charge in [-0.15, -0.1) is 10.2 Å². The van der Waals surface area contributed by atoms with Crippen molar-refractivity contribution in [1.29, 1.82) is 0 Å². The number of carbonyl (C=O) groups is 1. The van der Waals surface area contributed by atoms with Gasteiger partial charge >= 0.3 is 0 Å². The van der Waals surface area contributed by atoms with Crippen LogP contribution in [-0.2, 0) is 11.2 Å². The van der Waals surface area contributed by atoms with E-state index in [1.165, 1.54) is 11.3 Å². The number of likely N-dealkylation sites (tertiary alicyclic amines) is 1. The van der Waals surface area contributed by atoms with E-state index in [2.05, 4.69) is 25.5 Å². The van der Waals surface area contributed by atoms with Crippen molar-refractivity contribution in [2.75, 3.05) is 25.0 Å². The lowest BCUT2D eigenvalue weighted by atomic mass is 10.1. The first-order valence-corrected chi connectivity index (χ1v) is 8.83. The highest BCUT2D eigenvalue weighted by Gasteiger charge is 2.28. The van der Waals surface area contributed by atoms with Gasteiger partial charge in [0.2, 0.25) is 11.0 Å². The number of nitrogens with one attached hydrogen (secondary N) is 1. The fraction of sp³-hybridized carbons (Fsp3) is 0.533. The minimum absolute atomic E-state index is 0.0237. The molecule has 1 aliphatic rings. The number of aryl methyl sites for hydroxylation is 2. The Hall–Kier alpha value is -2.13. The van der Waals surface area contributed by atoms with Gasteiger partial charge in [0, 0.05) is 30.8 Å². The average molecular weight is 347 g/mol. The van der Waals surface area contributed by atoms with Crippen LogP contribution in [-0.4, -0.2) is 50.6 Å². The molecule has 1 fully saturated rings. The number of aromatic nitrogens is 4. The van der Waals surface area contributed by atoms with E-state index in [4.69, 9.17) is 5.73 Å². The minimum atomic E-state index is -0.0237. The van der Waals surface area contributed by atoms with Gasteiger partial charge in [-0.05, 0) is 19.8 Å². The van der Waals surface area contributed by atoms with Crippen LogP contribution in [0.1, 0.15) is 35.8 Å². The molecule has 128 valence electrons. The fourth-order valence-electron chi connectivity index (χ4n) is 2.72. The zero-order valence-electron chi connectivity index (χ0n) is 13.8. The molecule has 0 unspecified atom stereocenters. The maximum absolute atomic E-state index is 11.7. The van der Waals surface area contributed by atoms with Gasteiger partial charge < -0.3 is 16.0 Å². The van der Waals surface area contributed by atoms with Gasteiger partial charge in [0.05, 0.1) is 6.54 Å². The van der Waals surface area contributed by atoms with Crippen molar-refractivity contribution in [3.63, 3.8) is 0 Å². The monoisotopic (exact) mass is 347 g/mol. The Labute approximate surface area is 144 Å². The summed E-state index contributed by atoms with van der Waals surface area (Å²) in [6, 6.07) is 1.88. The number of nitrogens with zero attached hydrogens (tertiary/aromatic N) is 5. The van der Waals surface area contributed by atoms with E-state index >= 15 is 0 Å². The molecule has 3 rings (SSSR count). The third-order valence-electron chi connectivity index (χ3n) is 3.96. The van der Waals surface area contributed by atoms with Crippen molar-refractivity contribution in [2.24, 2.45) is 5.73 Å². The molecule has 1 saturated heterocycles. The summed E-state index contributed by atoms with van der Waals surface area (Å²) in [7, 11) is 0. The molecule has 24 heavy (non-hydrogen) atoms. The third-order valence-corrected chi connectivity index (χ3v) is 4.94. The summed E-state index contributed by atoms with van der Waals surface area (Å²) >= 11 is 1.52. The molecule has 0 aromatic carbocycles. The number of hydrogen-bond acceptors (Lipinski definition) is 8. The van der Waals surface area contributed by atoms with Crippen molar-refractivity contribution >= 4 is 28.2 Å². The van der Waals surface area contributed by atoms with Crippen LogP contribution in [0.25, 0.3) is 0 Å². The quantitative estimate of drug-likeness (QED) is 0.836. The average Bonchev–Trinajstić information content (AvgIpc) is 3.22. The van der Waals surface area contributed by atoms with E-state index in [0.29, 0.717) is 18.9 Å². The molecule has 8 nitrogen and oxygen atoms in total. The van der Waals surface area contributed by atoms with Gasteiger partial charge in [0.1, 0.15) is 16.6 Å². The van der Waals surface area contributed by atoms with Crippen molar-refractivity contribution in [3.8, 4) is 0 Å². The molecule has 0 spiro atoms. The predicted octanol–water partition coefficient (Wildman–Crippen LogP) is 1.22. The molecule has 3 heterocycles. The van der Waals surface area contributed by atoms with Crippen molar-refractivity contribution in [3.05, 3.63) is 22.6 Å². The predicted molar refractivity (Wildman–Crippen MR) is 92.3 cm³/mol. The zero-order valence-corrected chi connectivity index (χ0v) is 14.6. The molecule has 9 heteroatoms. The second-order valence-electron chi connectivity index (χ2n) is 5.76. The first kappa shape index (κ1) is 16.7. The molecule has 0 saturated carbocycles. The third kappa shape index (κ3) is 3.68. The zero-order chi connectivity index (χ0) is 17.1. The number of rotatable bonds is 5. The summed E-state index contributed by atoms with van der Waals surface area (Å²) in [5.41, 5.74) is 6.32. The van der Waals surface area contributed by atoms with Crippen molar-refractivity contribution in [2.45, 2.75) is 32.6 Å². The van der Waals surface area contributed by atoms with Gasteiger partial charge in [-0.1, -0.05) is 18.3 Å². The molecule has 0 radical (unpaired) electrons. The van der Waals surface area contributed by atoms with E-state index in [9.17, 15) is 4.79 Å². The van der Waals surface area contributed by atoms with Crippen LogP contribution < -0.4 is 11.1 Å². The molecule has 1 atom stereocenters. The molecule has 0 bridgehead atoms. The van der Waals surface area contributed by atoms with Crippen LogP contribution >= 0.6 is 11.3 Å². The van der Waals surface area contributed by atoms with Crippen LogP contribution in [0.2, 0.25) is 0 Å². The lowest BCUT2D eigenvalue weighted by Crippen LogP contribution is -2.34. The number of amides is 1. The normalized spacial score (nSPS) is 17.3. The van der Waals surface area contributed by atoms with Gasteiger partial charge in [0.25, 0.3) is 0 Å². The Kier molecular flexibility index (Phi) is 5.00. The number of hydrogen-bond donors (Lipinski definition) is 2. The number of carbonyl (C=O) groups excluding carboxylic acids is 1. The lowest BCUT2D eigenvalue weighted by molar-refractivity contribution is -0.128. The second-order valence-corrected chi connectivity index (χ2v) is 6.82. The molecule has 2 aromatic heterocycles. The van der Waals surface area contributed by atoms with Gasteiger partial charge in [-0.25, -0.2) is 9.97 Å². The first-order valence-electron chi connectivity index (χ1n) is 8.02. The van der Waals surface area contributed by atoms with E-state index in [-0.39, 0.29) is 18.4 Å². The van der Waals surface area contributed by atoms with Crippen molar-refractivity contribution < 1.29 is 4.79 Å². The molecule has 3 N–H and O–H groups in total. The highest BCUT2D eigenvalue weighted by atomic mass is 32.1. The van der Waals surface area contributed by atoms with Crippen LogP contribution in [0.4, 0.5) is 10.9 Å². The smallest absolute Gasteiger partial charge is 0.236 e. The summed E-state index contributed by atoms with van der Waals surface area (Å²) in [5.74, 6) is 1.58. The first-order chi connectivity index (χ1) is 11.6. The molecular formula is C15H21N7OS. The fourth-order valence-corrected chi connectivity index (χ4v) is 3.41. The van der Waals surface area contributed by atoms with Crippen LogP contribution in [0.3, 0.4) is 0 Å². The Morgan fingerprint density at radius 3 is 3.00 bits per heavy atom. The summed E-state index contributed by atoms with van der Waals surface area (Å²) in [6.45, 7) is 5.36. The topological polar surface area (TPSA) is 110 Å². The van der Waals surface area contributed by atoms with E-state index in [1.807, 2.05) is 19.9 Å². The Morgan fingerprint density at radius 2 is 2.29 bits per heavy atom. The second kappa shape index (κ2) is 7.18. The minimum Gasteiger partial charge on any atom is -0.341 e. The van der Waals surface area contributed by atoms with Gasteiger partial charge in [-0.2, -0.15) is 0 Å². The van der Waals surface area contributed by atoms with E-state index in [1.54, 1.807) is 4.90 Å². The van der Waals surface area contributed by atoms with Crippen LogP contribution in [0, 0.1) is 6.92 Å². The Balaban J connectivity index is 1.75. The largest absolute Gasteiger partial charge is 0.341 e. The van der Waals surface area contributed by atoms with E-state index in [0.717, 1.165) is 34.5 Å². The molecule has 1 amide bonds. The van der Waals surface area contributed by atoms with Gasteiger partial charge in [0.15, 0.2) is 0 Å². The highest BCUT2D eigenvalue weighted by molar-refractivity contribution is 7.15. The summed E-state index contributed by atoms with van der Waals surface area (Å²) in [6.07, 6.45) is 1.72. The van der Waals surface area contributed by atoms with Gasteiger partial charge in [-0.3, -0.25) is 4.79 Å². The molecule has 2 aromatic rings. The maximum Gasteiger partial charge on any atom is 0.236 e. The molecule has 0 aliphatic carbocycles. The highest BCUT2D eigenvalue weighted by Crippen LogP contribution is 2.27. The van der Waals surface area contributed by atoms with Crippen molar-refractivity contribution in [1.82, 2.24) is 25.1 Å². The number of anilines is 2. The van der Waals surface area contributed by atoms with Crippen LogP contribution in [0.5, 0.6) is 0 Å². The molecular weight excluding hydrogens is 326 g/mol. The Morgan fingerprint density at radius 1 is 1.46 bits per heavy atom. The summed E-state index contributed by atoms with van der Waals surface area (Å²) in [5, 5.41) is 13.1. The lowest BCUT2D eigenvalue weighted by Gasteiger charge is -2.15. The standard InChI is InChI=1S/C15H21N7OS/c1-3-12-20-21-15(24-12)19-11-6-9(2)17-14(18-11)10-4-5-22(8-10)13(23)7-16/h6,10H,3-5,7-8,16H2,1-2H3,(H,17,18,19,21)/t10-/m0/s1. The SMILES string of the molecule is CCc1nnc(Nc2cc(C)nc([C@H]3CCN(C(=O)CN)C3)n2)s1. The van der Waals surface area contributed by atoms with E-state index < -0.39 is 0 Å². The maximum atomic E-state index is 11.7.